The molecule has 0 aliphatic carbocycles. The first-order valence-corrected chi connectivity index (χ1v) is 9.49. The quantitative estimate of drug-likeness (QED) is 0.692. The summed E-state index contributed by atoms with van der Waals surface area (Å²) in [5.41, 5.74) is 1.89. The van der Waals surface area contributed by atoms with Crippen molar-refractivity contribution in [2.75, 3.05) is 27.3 Å². The minimum atomic E-state index is -0.534. The Labute approximate surface area is 170 Å². The van der Waals surface area contributed by atoms with E-state index in [4.69, 9.17) is 9.47 Å². The molecule has 2 N–H and O–H groups in total. The third-order valence-corrected chi connectivity index (χ3v) is 4.93. The molecule has 2 amide bonds. The fourth-order valence-corrected chi connectivity index (χ4v) is 3.32. The topological polar surface area (TPSA) is 92.8 Å². The summed E-state index contributed by atoms with van der Waals surface area (Å²) in [6.07, 6.45) is 3.45. The third kappa shape index (κ3) is 5.45. The van der Waals surface area contributed by atoms with Crippen LogP contribution < -0.4 is 20.1 Å². The van der Waals surface area contributed by atoms with E-state index in [-0.39, 0.29) is 18.2 Å². The van der Waals surface area contributed by atoms with Crippen molar-refractivity contribution >= 4 is 11.8 Å². The van der Waals surface area contributed by atoms with Crippen molar-refractivity contribution in [3.63, 3.8) is 0 Å². The van der Waals surface area contributed by atoms with Crippen molar-refractivity contribution in [3.8, 4) is 11.5 Å². The lowest BCUT2D eigenvalue weighted by Crippen LogP contribution is -2.56. The summed E-state index contributed by atoms with van der Waals surface area (Å²) in [5, 5.41) is 5.73. The zero-order valence-electron chi connectivity index (χ0n) is 16.7. The maximum atomic E-state index is 12.5. The van der Waals surface area contributed by atoms with Crippen LogP contribution in [0.15, 0.2) is 42.7 Å². The van der Waals surface area contributed by atoms with Crippen molar-refractivity contribution in [1.29, 1.82) is 0 Å². The summed E-state index contributed by atoms with van der Waals surface area (Å²) in [5.74, 6) is 1.09. The van der Waals surface area contributed by atoms with Gasteiger partial charge in [-0.15, -0.1) is 0 Å². The van der Waals surface area contributed by atoms with Gasteiger partial charge in [-0.2, -0.15) is 0 Å². The van der Waals surface area contributed by atoms with E-state index in [0.29, 0.717) is 37.7 Å². The molecular weight excluding hydrogens is 372 g/mol. The van der Waals surface area contributed by atoms with Crippen LogP contribution in [0, 0.1) is 0 Å². The number of nitrogens with zero attached hydrogens (tertiary/aromatic N) is 2. The Morgan fingerprint density at radius 2 is 2.03 bits per heavy atom. The molecule has 3 rings (SSSR count). The monoisotopic (exact) mass is 398 g/mol. The number of hydrogen-bond donors (Lipinski definition) is 2. The number of carbonyl (C=O) groups is 2. The maximum absolute atomic E-state index is 12.5. The van der Waals surface area contributed by atoms with Crippen LogP contribution in [0.3, 0.4) is 0 Å². The number of piperazine rings is 1. The molecule has 1 atom stereocenters. The number of benzene rings is 1. The molecule has 1 fully saturated rings. The average Bonchev–Trinajstić information content (AvgIpc) is 2.75. The Balaban J connectivity index is 1.66. The van der Waals surface area contributed by atoms with Gasteiger partial charge in [-0.25, -0.2) is 0 Å². The number of amides is 2. The van der Waals surface area contributed by atoms with Gasteiger partial charge >= 0.3 is 0 Å². The molecule has 1 aliphatic heterocycles. The summed E-state index contributed by atoms with van der Waals surface area (Å²) in [4.78, 5) is 30.9. The second-order valence-electron chi connectivity index (χ2n) is 6.79. The van der Waals surface area contributed by atoms with E-state index in [1.807, 2.05) is 35.2 Å². The number of carbonyl (C=O) groups excluding carboxylic acids is 2. The highest BCUT2D eigenvalue weighted by Gasteiger charge is 2.32. The molecule has 8 nitrogen and oxygen atoms in total. The molecule has 1 unspecified atom stereocenters. The zero-order chi connectivity index (χ0) is 20.6. The first-order valence-electron chi connectivity index (χ1n) is 9.49. The molecular formula is C21H26N4O4. The van der Waals surface area contributed by atoms with Crippen LogP contribution >= 0.6 is 0 Å². The van der Waals surface area contributed by atoms with Gasteiger partial charge in [0.25, 0.3) is 0 Å². The van der Waals surface area contributed by atoms with E-state index in [2.05, 4.69) is 15.6 Å². The van der Waals surface area contributed by atoms with Crippen LogP contribution in [-0.2, 0) is 22.7 Å². The van der Waals surface area contributed by atoms with Crippen molar-refractivity contribution in [2.24, 2.45) is 0 Å². The summed E-state index contributed by atoms with van der Waals surface area (Å²) >= 11 is 0. The predicted octanol–water partition coefficient (Wildman–Crippen LogP) is 1.11. The van der Waals surface area contributed by atoms with Crippen molar-refractivity contribution in [2.45, 2.75) is 25.6 Å². The minimum Gasteiger partial charge on any atom is -0.497 e. The molecule has 0 saturated carbocycles. The lowest BCUT2D eigenvalue weighted by Gasteiger charge is -2.35. The Morgan fingerprint density at radius 1 is 1.24 bits per heavy atom. The van der Waals surface area contributed by atoms with E-state index in [1.54, 1.807) is 26.6 Å². The highest BCUT2D eigenvalue weighted by Crippen LogP contribution is 2.27. The second kappa shape index (κ2) is 9.88. The first-order chi connectivity index (χ1) is 14.1. The van der Waals surface area contributed by atoms with Gasteiger partial charge in [0.15, 0.2) is 0 Å². The van der Waals surface area contributed by atoms with E-state index in [1.165, 1.54) is 0 Å². The van der Waals surface area contributed by atoms with Crippen LogP contribution in [0.1, 0.15) is 17.5 Å². The Bertz CT molecular complexity index is 844. The molecule has 8 heteroatoms. The predicted molar refractivity (Wildman–Crippen MR) is 107 cm³/mol. The third-order valence-electron chi connectivity index (χ3n) is 4.93. The van der Waals surface area contributed by atoms with Gasteiger partial charge in [0.05, 0.1) is 26.7 Å². The molecule has 1 aromatic carbocycles. The SMILES string of the molecule is COc1ccc(CN2CCNC(=O)C2CC(=O)NCc2ccncc2)c(OC)c1. The number of nitrogens with one attached hydrogen (secondary N) is 2. The van der Waals surface area contributed by atoms with Gasteiger partial charge < -0.3 is 20.1 Å². The molecule has 1 aromatic heterocycles. The molecule has 2 aromatic rings. The fraction of sp³-hybridized carbons (Fsp3) is 0.381. The average molecular weight is 398 g/mol. The van der Waals surface area contributed by atoms with Crippen LogP contribution in [0.2, 0.25) is 0 Å². The molecule has 2 heterocycles. The highest BCUT2D eigenvalue weighted by atomic mass is 16.5. The smallest absolute Gasteiger partial charge is 0.237 e. The number of rotatable bonds is 8. The van der Waals surface area contributed by atoms with Gasteiger partial charge in [0.1, 0.15) is 11.5 Å². The Kier molecular flexibility index (Phi) is 7.02. The summed E-state index contributed by atoms with van der Waals surface area (Å²) < 4.78 is 10.7. The molecule has 29 heavy (non-hydrogen) atoms. The standard InChI is InChI=1S/C21H26N4O4/c1-28-17-4-3-16(19(11-17)29-2)14-25-10-9-23-21(27)18(25)12-20(26)24-13-15-5-7-22-8-6-15/h3-8,11,18H,9-10,12-14H2,1-2H3,(H,23,27)(H,24,26). The fourth-order valence-electron chi connectivity index (χ4n) is 3.32. The van der Waals surface area contributed by atoms with Crippen LogP contribution in [-0.4, -0.2) is 55.0 Å². The number of ether oxygens (including phenoxy) is 2. The number of aromatic nitrogens is 1. The summed E-state index contributed by atoms with van der Waals surface area (Å²) in [7, 11) is 3.20. The van der Waals surface area contributed by atoms with E-state index in [9.17, 15) is 9.59 Å². The van der Waals surface area contributed by atoms with Crippen LogP contribution in [0.5, 0.6) is 11.5 Å². The zero-order valence-corrected chi connectivity index (χ0v) is 16.7. The molecule has 0 radical (unpaired) electrons. The Hall–Kier alpha value is -3.13. The maximum Gasteiger partial charge on any atom is 0.237 e. The van der Waals surface area contributed by atoms with Crippen LogP contribution in [0.4, 0.5) is 0 Å². The van der Waals surface area contributed by atoms with Crippen LogP contribution in [0.25, 0.3) is 0 Å². The molecule has 1 aliphatic rings. The lowest BCUT2D eigenvalue weighted by atomic mass is 10.1. The second-order valence-corrected chi connectivity index (χ2v) is 6.79. The Morgan fingerprint density at radius 3 is 2.76 bits per heavy atom. The van der Waals surface area contributed by atoms with Gasteiger partial charge in [-0.1, -0.05) is 6.07 Å². The van der Waals surface area contributed by atoms with E-state index >= 15 is 0 Å². The van der Waals surface area contributed by atoms with Gasteiger partial charge in [0.2, 0.25) is 11.8 Å². The number of pyridine rings is 1. The largest absolute Gasteiger partial charge is 0.497 e. The molecule has 0 bridgehead atoms. The van der Waals surface area contributed by atoms with Crippen molar-refractivity contribution < 1.29 is 19.1 Å². The molecule has 1 saturated heterocycles. The van der Waals surface area contributed by atoms with Gasteiger partial charge in [0, 0.05) is 50.2 Å². The number of methoxy groups -OCH3 is 2. The normalized spacial score (nSPS) is 16.8. The minimum absolute atomic E-state index is 0.0926. The molecule has 154 valence electrons. The van der Waals surface area contributed by atoms with E-state index in [0.717, 1.165) is 11.1 Å². The van der Waals surface area contributed by atoms with Gasteiger partial charge in [-0.3, -0.25) is 19.5 Å². The van der Waals surface area contributed by atoms with Gasteiger partial charge in [-0.05, 0) is 23.8 Å². The summed E-state index contributed by atoms with van der Waals surface area (Å²) in [6.45, 7) is 2.11. The summed E-state index contributed by atoms with van der Waals surface area (Å²) in [6, 6.07) is 8.75. The molecule has 0 spiro atoms. The highest BCUT2D eigenvalue weighted by molar-refractivity contribution is 5.88. The van der Waals surface area contributed by atoms with Crippen molar-refractivity contribution in [3.05, 3.63) is 53.9 Å². The van der Waals surface area contributed by atoms with E-state index < -0.39 is 6.04 Å². The van der Waals surface area contributed by atoms with Crippen molar-refractivity contribution in [1.82, 2.24) is 20.5 Å². The number of hydrogen-bond acceptors (Lipinski definition) is 6. The lowest BCUT2D eigenvalue weighted by molar-refractivity contribution is -0.134. The first kappa shape index (κ1) is 20.6.